The van der Waals surface area contributed by atoms with Gasteiger partial charge in [0, 0.05) is 17.2 Å². The molecule has 3 aromatic carbocycles. The number of ether oxygens (including phenoxy) is 1. The van der Waals surface area contributed by atoms with Crippen LogP contribution in [0, 0.1) is 0 Å². The zero-order chi connectivity index (χ0) is 15.2. The molecule has 0 aliphatic carbocycles. The maximum absolute atomic E-state index is 6.19. The lowest BCUT2D eigenvalue weighted by Gasteiger charge is -2.15. The topological polar surface area (TPSA) is 22.1 Å². The summed E-state index contributed by atoms with van der Waals surface area (Å²) in [6, 6.07) is 25.1. The van der Waals surface area contributed by atoms with Gasteiger partial charge in [-0.05, 0) is 23.1 Å². The molecule has 0 spiro atoms. The molecule has 0 bridgehead atoms. The van der Waals surface area contributed by atoms with Gasteiger partial charge in [-0.25, -0.2) is 4.98 Å². The zero-order valence-electron chi connectivity index (χ0n) is 12.6. The SMILES string of the molecule is c1ccc2c(c1)CC(c1nc3ccccc3c3ccccc13)O2. The van der Waals surface area contributed by atoms with E-state index < -0.39 is 0 Å². The van der Waals surface area contributed by atoms with E-state index in [9.17, 15) is 0 Å². The highest BCUT2D eigenvalue weighted by Gasteiger charge is 2.27. The highest BCUT2D eigenvalue weighted by molar-refractivity contribution is 6.06. The number of fused-ring (bicyclic) bond motifs is 4. The summed E-state index contributed by atoms with van der Waals surface area (Å²) in [4.78, 5) is 4.94. The molecular weight excluding hydrogens is 282 g/mol. The second kappa shape index (κ2) is 4.82. The molecule has 4 aromatic rings. The Kier molecular flexibility index (Phi) is 2.65. The monoisotopic (exact) mass is 297 g/mol. The van der Waals surface area contributed by atoms with Crippen LogP contribution in [-0.2, 0) is 6.42 Å². The molecule has 0 N–H and O–H groups in total. The van der Waals surface area contributed by atoms with Gasteiger partial charge in [0.1, 0.15) is 11.9 Å². The van der Waals surface area contributed by atoms with Gasteiger partial charge in [-0.3, -0.25) is 0 Å². The van der Waals surface area contributed by atoms with E-state index in [0.717, 1.165) is 23.4 Å². The fourth-order valence-corrected chi connectivity index (χ4v) is 3.51. The van der Waals surface area contributed by atoms with Gasteiger partial charge in [-0.1, -0.05) is 60.7 Å². The lowest BCUT2D eigenvalue weighted by atomic mass is 9.99. The van der Waals surface area contributed by atoms with Gasteiger partial charge in [0.2, 0.25) is 0 Å². The first-order chi connectivity index (χ1) is 11.4. The van der Waals surface area contributed by atoms with Crippen LogP contribution >= 0.6 is 0 Å². The average Bonchev–Trinajstić information content (AvgIpc) is 3.05. The lowest BCUT2D eigenvalue weighted by Crippen LogP contribution is -2.07. The second-order valence-electron chi connectivity index (χ2n) is 5.98. The van der Waals surface area contributed by atoms with Crippen molar-refractivity contribution < 1.29 is 4.74 Å². The summed E-state index contributed by atoms with van der Waals surface area (Å²) in [5, 5.41) is 3.62. The van der Waals surface area contributed by atoms with Crippen LogP contribution < -0.4 is 4.74 Å². The molecule has 2 nitrogen and oxygen atoms in total. The molecule has 1 aliphatic heterocycles. The van der Waals surface area contributed by atoms with E-state index >= 15 is 0 Å². The van der Waals surface area contributed by atoms with E-state index in [0.29, 0.717) is 0 Å². The maximum atomic E-state index is 6.19. The van der Waals surface area contributed by atoms with Crippen LogP contribution in [0.5, 0.6) is 5.75 Å². The number of benzene rings is 3. The van der Waals surface area contributed by atoms with Crippen LogP contribution in [0.3, 0.4) is 0 Å². The molecule has 0 radical (unpaired) electrons. The average molecular weight is 297 g/mol. The Hall–Kier alpha value is -2.87. The van der Waals surface area contributed by atoms with E-state index in [1.807, 2.05) is 18.2 Å². The Morgan fingerprint density at radius 3 is 2.30 bits per heavy atom. The Bertz CT molecular complexity index is 1010. The van der Waals surface area contributed by atoms with Crippen LogP contribution in [-0.4, -0.2) is 4.98 Å². The van der Waals surface area contributed by atoms with Crippen molar-refractivity contribution in [1.82, 2.24) is 4.98 Å². The Balaban J connectivity index is 1.75. The normalized spacial score (nSPS) is 16.4. The summed E-state index contributed by atoms with van der Waals surface area (Å²) in [5.41, 5.74) is 3.33. The van der Waals surface area contributed by atoms with E-state index in [2.05, 4.69) is 54.6 Å². The summed E-state index contributed by atoms with van der Waals surface area (Å²) in [7, 11) is 0. The minimum Gasteiger partial charge on any atom is -0.483 e. The third-order valence-electron chi connectivity index (χ3n) is 4.59. The Labute approximate surface area is 134 Å². The molecule has 0 fully saturated rings. The van der Waals surface area contributed by atoms with Crippen LogP contribution in [0.1, 0.15) is 17.4 Å². The van der Waals surface area contributed by atoms with Crippen molar-refractivity contribution in [3.63, 3.8) is 0 Å². The number of hydrogen-bond acceptors (Lipinski definition) is 2. The molecular formula is C21H15NO. The van der Waals surface area contributed by atoms with Crippen LogP contribution in [0.15, 0.2) is 72.8 Å². The number of nitrogens with zero attached hydrogens (tertiary/aromatic N) is 1. The molecule has 1 aliphatic rings. The van der Waals surface area contributed by atoms with E-state index in [4.69, 9.17) is 9.72 Å². The molecule has 1 unspecified atom stereocenters. The Morgan fingerprint density at radius 1 is 0.739 bits per heavy atom. The highest BCUT2D eigenvalue weighted by atomic mass is 16.5. The fraction of sp³-hybridized carbons (Fsp3) is 0.0952. The first-order valence-corrected chi connectivity index (χ1v) is 7.92. The first kappa shape index (κ1) is 12.7. The molecule has 2 heterocycles. The molecule has 110 valence electrons. The predicted molar refractivity (Wildman–Crippen MR) is 92.8 cm³/mol. The molecule has 23 heavy (non-hydrogen) atoms. The summed E-state index contributed by atoms with van der Waals surface area (Å²) < 4.78 is 6.19. The van der Waals surface area contributed by atoms with Crippen molar-refractivity contribution in [3.8, 4) is 5.75 Å². The fourth-order valence-electron chi connectivity index (χ4n) is 3.51. The Morgan fingerprint density at radius 2 is 1.43 bits per heavy atom. The first-order valence-electron chi connectivity index (χ1n) is 7.92. The summed E-state index contributed by atoms with van der Waals surface area (Å²) in [6.45, 7) is 0. The maximum Gasteiger partial charge on any atom is 0.145 e. The van der Waals surface area contributed by atoms with Crippen molar-refractivity contribution in [2.24, 2.45) is 0 Å². The third-order valence-corrected chi connectivity index (χ3v) is 4.59. The smallest absolute Gasteiger partial charge is 0.145 e. The molecule has 1 aromatic heterocycles. The van der Waals surface area contributed by atoms with E-state index in [-0.39, 0.29) is 6.10 Å². The number of rotatable bonds is 1. The molecule has 1 atom stereocenters. The van der Waals surface area contributed by atoms with Gasteiger partial charge in [-0.2, -0.15) is 0 Å². The van der Waals surface area contributed by atoms with Crippen molar-refractivity contribution in [2.75, 3.05) is 0 Å². The second-order valence-corrected chi connectivity index (χ2v) is 5.98. The van der Waals surface area contributed by atoms with Gasteiger partial charge >= 0.3 is 0 Å². The number of pyridine rings is 1. The van der Waals surface area contributed by atoms with E-state index in [1.165, 1.54) is 21.7 Å². The molecule has 0 amide bonds. The summed E-state index contributed by atoms with van der Waals surface area (Å²) in [6.07, 6.45) is 0.868. The molecule has 2 heteroatoms. The standard InChI is InChI=1S/C21H15NO/c1-6-12-19-14(7-1)13-20(23-19)21-17-10-3-2-8-15(17)16-9-4-5-11-18(16)22-21/h1-12,20H,13H2. The van der Waals surface area contributed by atoms with Crippen LogP contribution in [0.4, 0.5) is 0 Å². The predicted octanol–water partition coefficient (Wildman–Crippen LogP) is 5.06. The minimum atomic E-state index is -0.0121. The minimum absolute atomic E-state index is 0.0121. The van der Waals surface area contributed by atoms with Gasteiger partial charge in [0.05, 0.1) is 11.2 Å². The molecule has 0 saturated carbocycles. The highest BCUT2D eigenvalue weighted by Crippen LogP contribution is 2.39. The van der Waals surface area contributed by atoms with Gasteiger partial charge in [0.25, 0.3) is 0 Å². The van der Waals surface area contributed by atoms with Gasteiger partial charge < -0.3 is 4.74 Å². The number of para-hydroxylation sites is 2. The van der Waals surface area contributed by atoms with Crippen LogP contribution in [0.25, 0.3) is 21.7 Å². The van der Waals surface area contributed by atoms with Crippen molar-refractivity contribution in [2.45, 2.75) is 12.5 Å². The van der Waals surface area contributed by atoms with E-state index in [1.54, 1.807) is 0 Å². The van der Waals surface area contributed by atoms with Crippen molar-refractivity contribution >= 4 is 21.7 Å². The zero-order valence-corrected chi connectivity index (χ0v) is 12.6. The molecule has 5 rings (SSSR count). The third kappa shape index (κ3) is 1.92. The summed E-state index contributed by atoms with van der Waals surface area (Å²) in [5.74, 6) is 0.983. The number of aromatic nitrogens is 1. The van der Waals surface area contributed by atoms with Gasteiger partial charge in [0.15, 0.2) is 0 Å². The summed E-state index contributed by atoms with van der Waals surface area (Å²) >= 11 is 0. The lowest BCUT2D eigenvalue weighted by molar-refractivity contribution is 0.235. The van der Waals surface area contributed by atoms with Gasteiger partial charge in [-0.15, -0.1) is 0 Å². The molecule has 0 saturated heterocycles. The number of hydrogen-bond donors (Lipinski definition) is 0. The van der Waals surface area contributed by atoms with Crippen molar-refractivity contribution in [3.05, 3.63) is 84.1 Å². The quantitative estimate of drug-likeness (QED) is 0.458. The van der Waals surface area contributed by atoms with Crippen molar-refractivity contribution in [1.29, 1.82) is 0 Å². The largest absolute Gasteiger partial charge is 0.483 e. The van der Waals surface area contributed by atoms with Crippen LogP contribution in [0.2, 0.25) is 0 Å².